The van der Waals surface area contributed by atoms with Crippen LogP contribution in [0.15, 0.2) is 12.1 Å². The maximum Gasteiger partial charge on any atom is 0.348 e. The molecule has 10 nitrogen and oxygen atoms in total. The lowest BCUT2D eigenvalue weighted by atomic mass is 9.79. The van der Waals surface area contributed by atoms with E-state index in [9.17, 15) is 30.0 Å². The molecule has 150 valence electrons. The first-order valence-corrected chi connectivity index (χ1v) is 8.00. The van der Waals surface area contributed by atoms with Gasteiger partial charge >= 0.3 is 11.9 Å². The molecule has 1 aliphatic carbocycles. The van der Waals surface area contributed by atoms with E-state index >= 15 is 0 Å². The van der Waals surface area contributed by atoms with Crippen molar-refractivity contribution in [3.8, 4) is 17.2 Å². The standard InChI is InChI=1S/C17H22O10/c1-24-11-4-8(5-12(25-2)14(11)26-3)15(21)27-17(16(22)23)6-9(18)13(20)10(19)7-17/h4-5,9-10,13,18-20H,6-7H2,1-3H3,(H,22,23). The Morgan fingerprint density at radius 2 is 1.44 bits per heavy atom. The van der Waals surface area contributed by atoms with E-state index in [1.807, 2.05) is 0 Å². The minimum absolute atomic E-state index is 0.0831. The fraction of sp³-hybridized carbons (Fsp3) is 0.529. The highest BCUT2D eigenvalue weighted by Gasteiger charge is 2.53. The van der Waals surface area contributed by atoms with Gasteiger partial charge in [0.05, 0.1) is 39.1 Å². The number of ether oxygens (including phenoxy) is 4. The van der Waals surface area contributed by atoms with Crippen molar-refractivity contribution in [3.05, 3.63) is 17.7 Å². The van der Waals surface area contributed by atoms with Gasteiger partial charge in [-0.2, -0.15) is 0 Å². The summed E-state index contributed by atoms with van der Waals surface area (Å²) in [6.45, 7) is 0. The molecule has 0 aliphatic heterocycles. The molecule has 4 N–H and O–H groups in total. The fourth-order valence-electron chi connectivity index (χ4n) is 2.99. The van der Waals surface area contributed by atoms with Crippen molar-refractivity contribution in [1.29, 1.82) is 0 Å². The van der Waals surface area contributed by atoms with E-state index in [0.717, 1.165) is 0 Å². The van der Waals surface area contributed by atoms with Gasteiger partial charge in [0.2, 0.25) is 11.4 Å². The monoisotopic (exact) mass is 386 g/mol. The zero-order valence-corrected chi connectivity index (χ0v) is 15.0. The Morgan fingerprint density at radius 1 is 0.963 bits per heavy atom. The van der Waals surface area contributed by atoms with E-state index in [2.05, 4.69) is 0 Å². The average Bonchev–Trinajstić information content (AvgIpc) is 2.64. The van der Waals surface area contributed by atoms with Crippen LogP contribution in [0.2, 0.25) is 0 Å². The molecule has 10 heteroatoms. The summed E-state index contributed by atoms with van der Waals surface area (Å²) in [6, 6.07) is 2.56. The maximum absolute atomic E-state index is 12.6. The van der Waals surface area contributed by atoms with Crippen LogP contribution in [0.25, 0.3) is 0 Å². The second-order valence-corrected chi connectivity index (χ2v) is 6.14. The molecule has 0 spiro atoms. The van der Waals surface area contributed by atoms with E-state index < -0.39 is 48.7 Å². The number of aliphatic carboxylic acids is 1. The zero-order valence-electron chi connectivity index (χ0n) is 15.0. The molecule has 2 rings (SSSR count). The number of hydrogen-bond acceptors (Lipinski definition) is 9. The van der Waals surface area contributed by atoms with Crippen LogP contribution in [0.3, 0.4) is 0 Å². The molecule has 1 aromatic carbocycles. The third kappa shape index (κ3) is 3.92. The lowest BCUT2D eigenvalue weighted by molar-refractivity contribution is -0.187. The molecule has 0 radical (unpaired) electrons. The van der Waals surface area contributed by atoms with E-state index in [1.165, 1.54) is 33.5 Å². The Bertz CT molecular complexity index is 679. The number of carbonyl (C=O) groups excluding carboxylic acids is 1. The van der Waals surface area contributed by atoms with E-state index in [0.29, 0.717) is 0 Å². The van der Waals surface area contributed by atoms with Crippen molar-refractivity contribution in [2.75, 3.05) is 21.3 Å². The molecule has 2 atom stereocenters. The summed E-state index contributed by atoms with van der Waals surface area (Å²) < 4.78 is 20.6. The number of esters is 1. The number of rotatable bonds is 6. The first-order chi connectivity index (χ1) is 12.7. The number of benzene rings is 1. The highest BCUT2D eigenvalue weighted by molar-refractivity contribution is 5.94. The van der Waals surface area contributed by atoms with E-state index in [-0.39, 0.29) is 22.8 Å². The number of carboxylic acids is 1. The van der Waals surface area contributed by atoms with Crippen LogP contribution in [-0.4, -0.2) is 77.6 Å². The number of carbonyl (C=O) groups is 2. The van der Waals surface area contributed by atoms with Crippen LogP contribution in [-0.2, 0) is 9.53 Å². The van der Waals surface area contributed by atoms with Crippen molar-refractivity contribution in [2.45, 2.75) is 36.8 Å². The van der Waals surface area contributed by atoms with Gasteiger partial charge in [0.15, 0.2) is 11.5 Å². The Hall–Kier alpha value is -2.56. The molecule has 0 aromatic heterocycles. The summed E-state index contributed by atoms with van der Waals surface area (Å²) in [6.07, 6.45) is -5.82. The third-order valence-corrected chi connectivity index (χ3v) is 4.44. The normalized spacial score (nSPS) is 27.6. The van der Waals surface area contributed by atoms with Gasteiger partial charge < -0.3 is 39.4 Å². The van der Waals surface area contributed by atoms with Crippen LogP contribution >= 0.6 is 0 Å². The second kappa shape index (κ2) is 7.99. The molecule has 0 heterocycles. The molecule has 1 fully saturated rings. The second-order valence-electron chi connectivity index (χ2n) is 6.14. The van der Waals surface area contributed by atoms with Crippen molar-refractivity contribution in [1.82, 2.24) is 0 Å². The Kier molecular flexibility index (Phi) is 6.14. The topological polar surface area (TPSA) is 152 Å². The minimum atomic E-state index is -2.20. The molecule has 0 saturated heterocycles. The SMILES string of the molecule is COc1cc(C(=O)OC2(C(=O)O)CC(O)C(O)C(O)C2)cc(OC)c1OC. The van der Waals surface area contributed by atoms with Gasteiger partial charge in [0.25, 0.3) is 0 Å². The maximum atomic E-state index is 12.6. The molecule has 1 aromatic rings. The van der Waals surface area contributed by atoms with E-state index in [4.69, 9.17) is 18.9 Å². The lowest BCUT2D eigenvalue weighted by Gasteiger charge is -2.40. The summed E-state index contributed by atoms with van der Waals surface area (Å²) in [4.78, 5) is 24.3. The number of carboxylic acid groups (broad SMARTS) is 1. The summed E-state index contributed by atoms with van der Waals surface area (Å²) in [5.74, 6) is -2.03. The molecular weight excluding hydrogens is 364 g/mol. The molecule has 2 unspecified atom stereocenters. The predicted molar refractivity (Wildman–Crippen MR) is 89.1 cm³/mol. The molecule has 1 saturated carbocycles. The lowest BCUT2D eigenvalue weighted by Crippen LogP contribution is -2.58. The van der Waals surface area contributed by atoms with Crippen molar-refractivity contribution >= 4 is 11.9 Å². The molecule has 0 amide bonds. The Balaban J connectivity index is 2.38. The van der Waals surface area contributed by atoms with Crippen molar-refractivity contribution in [2.24, 2.45) is 0 Å². The van der Waals surface area contributed by atoms with Gasteiger partial charge in [0.1, 0.15) is 6.10 Å². The molecule has 27 heavy (non-hydrogen) atoms. The van der Waals surface area contributed by atoms with Crippen LogP contribution in [0.1, 0.15) is 23.2 Å². The largest absolute Gasteiger partial charge is 0.493 e. The van der Waals surface area contributed by atoms with Gasteiger partial charge in [-0.1, -0.05) is 0 Å². The van der Waals surface area contributed by atoms with Crippen molar-refractivity contribution < 1.29 is 49.0 Å². The zero-order chi connectivity index (χ0) is 20.4. The number of aliphatic hydroxyl groups is 3. The summed E-state index contributed by atoms with van der Waals surface area (Å²) >= 11 is 0. The van der Waals surface area contributed by atoms with Gasteiger partial charge in [-0.05, 0) is 12.1 Å². The quantitative estimate of drug-likeness (QED) is 0.474. The van der Waals surface area contributed by atoms with Crippen LogP contribution < -0.4 is 14.2 Å². The average molecular weight is 386 g/mol. The number of aliphatic hydroxyl groups excluding tert-OH is 3. The smallest absolute Gasteiger partial charge is 0.348 e. The van der Waals surface area contributed by atoms with Gasteiger partial charge in [-0.3, -0.25) is 0 Å². The fourth-order valence-corrected chi connectivity index (χ4v) is 2.99. The van der Waals surface area contributed by atoms with Gasteiger partial charge in [-0.15, -0.1) is 0 Å². The van der Waals surface area contributed by atoms with Crippen LogP contribution in [0, 0.1) is 0 Å². The predicted octanol–water partition coefficient (Wildman–Crippen LogP) is -0.431. The summed E-state index contributed by atoms with van der Waals surface area (Å²) in [5.41, 5.74) is -2.28. The third-order valence-electron chi connectivity index (χ3n) is 4.44. The molecule has 0 bridgehead atoms. The first kappa shape index (κ1) is 20.7. The van der Waals surface area contributed by atoms with Crippen molar-refractivity contribution in [3.63, 3.8) is 0 Å². The minimum Gasteiger partial charge on any atom is -0.493 e. The summed E-state index contributed by atoms with van der Waals surface area (Å²) in [7, 11) is 4.08. The Labute approximate surface area is 154 Å². The van der Waals surface area contributed by atoms with Gasteiger partial charge in [-0.25, -0.2) is 9.59 Å². The van der Waals surface area contributed by atoms with Crippen LogP contribution in [0.4, 0.5) is 0 Å². The van der Waals surface area contributed by atoms with Gasteiger partial charge in [0, 0.05) is 12.8 Å². The number of hydrogen-bond donors (Lipinski definition) is 4. The van der Waals surface area contributed by atoms with Crippen LogP contribution in [0.5, 0.6) is 17.2 Å². The van der Waals surface area contributed by atoms with E-state index in [1.54, 1.807) is 0 Å². The molecular formula is C17H22O10. The first-order valence-electron chi connectivity index (χ1n) is 8.00. The molecule has 1 aliphatic rings. The Morgan fingerprint density at radius 3 is 1.81 bits per heavy atom. The number of methoxy groups -OCH3 is 3. The highest BCUT2D eigenvalue weighted by atomic mass is 16.6. The summed E-state index contributed by atoms with van der Waals surface area (Å²) in [5, 5.41) is 38.8. The highest BCUT2D eigenvalue weighted by Crippen LogP contribution is 2.39.